The molecule has 2 aliphatic rings. The molecule has 2 unspecified atom stereocenters. The Labute approximate surface area is 239 Å². The molecular formula is C29H35FN4O6S. The van der Waals surface area contributed by atoms with Crippen molar-refractivity contribution in [3.63, 3.8) is 0 Å². The van der Waals surface area contributed by atoms with Gasteiger partial charge < -0.3 is 24.7 Å². The highest BCUT2D eigenvalue weighted by molar-refractivity contribution is 7.89. The summed E-state index contributed by atoms with van der Waals surface area (Å²) >= 11 is 0. The molecule has 0 aliphatic carbocycles. The summed E-state index contributed by atoms with van der Waals surface area (Å²) in [6.07, 6.45) is 1.31. The molecule has 220 valence electrons. The monoisotopic (exact) mass is 586 g/mol. The molecule has 2 saturated heterocycles. The Kier molecular flexibility index (Phi) is 9.03. The first-order chi connectivity index (χ1) is 19.7. The number of epoxide rings is 1. The van der Waals surface area contributed by atoms with E-state index in [9.17, 15) is 12.8 Å². The van der Waals surface area contributed by atoms with Gasteiger partial charge in [-0.1, -0.05) is 19.9 Å². The molecule has 0 bridgehead atoms. The first kappa shape index (κ1) is 29.2. The van der Waals surface area contributed by atoms with Crippen molar-refractivity contribution in [2.24, 2.45) is 11.8 Å². The van der Waals surface area contributed by atoms with Crippen molar-refractivity contribution >= 4 is 15.8 Å². The average Bonchev–Trinajstić information content (AvgIpc) is 3.70. The molecule has 5 rings (SSSR count). The second-order valence-corrected chi connectivity index (χ2v) is 12.3. The second kappa shape index (κ2) is 12.7. The quantitative estimate of drug-likeness (QED) is 0.294. The van der Waals surface area contributed by atoms with Crippen LogP contribution in [0.1, 0.15) is 44.8 Å². The van der Waals surface area contributed by atoms with Crippen LogP contribution in [0.15, 0.2) is 53.6 Å². The average molecular weight is 587 g/mol. The van der Waals surface area contributed by atoms with Crippen molar-refractivity contribution in [2.45, 2.75) is 50.5 Å². The van der Waals surface area contributed by atoms with Crippen LogP contribution in [0.3, 0.4) is 0 Å². The zero-order valence-electron chi connectivity index (χ0n) is 23.1. The van der Waals surface area contributed by atoms with E-state index in [0.717, 1.165) is 32.5 Å². The van der Waals surface area contributed by atoms with E-state index in [0.29, 0.717) is 47.6 Å². The summed E-state index contributed by atoms with van der Waals surface area (Å²) < 4.78 is 65.7. The van der Waals surface area contributed by atoms with E-state index < -0.39 is 28.2 Å². The van der Waals surface area contributed by atoms with Gasteiger partial charge in [-0.2, -0.15) is 4.72 Å². The number of nitrogens with zero attached hydrogens (tertiary/aromatic N) is 2. The summed E-state index contributed by atoms with van der Waals surface area (Å²) in [6.45, 7) is 6.38. The highest BCUT2D eigenvalue weighted by Gasteiger charge is 2.45. The number of ether oxygens (including phenoxy) is 4. The van der Waals surface area contributed by atoms with Crippen LogP contribution in [0.5, 0.6) is 11.6 Å². The largest absolute Gasteiger partial charge is 0.493 e. The molecule has 41 heavy (non-hydrogen) atoms. The molecule has 0 amide bonds. The van der Waals surface area contributed by atoms with Gasteiger partial charge in [0.25, 0.3) is 10.0 Å². The van der Waals surface area contributed by atoms with Crippen LogP contribution in [0.4, 0.5) is 10.2 Å². The third kappa shape index (κ3) is 7.70. The molecule has 0 saturated carbocycles. The third-order valence-electron chi connectivity index (χ3n) is 6.84. The van der Waals surface area contributed by atoms with Crippen LogP contribution in [-0.2, 0) is 19.5 Å². The molecule has 2 aliphatic heterocycles. The van der Waals surface area contributed by atoms with Crippen LogP contribution in [-0.4, -0.2) is 51.0 Å². The number of rotatable bonds is 12. The Bertz CT molecular complexity index is 1470. The van der Waals surface area contributed by atoms with Gasteiger partial charge in [-0.25, -0.2) is 22.8 Å². The minimum absolute atomic E-state index is 0.0938. The fourth-order valence-electron chi connectivity index (χ4n) is 4.59. The predicted octanol–water partition coefficient (Wildman–Crippen LogP) is 4.47. The number of pyridine rings is 2. The molecular weight excluding hydrogens is 551 g/mol. The minimum Gasteiger partial charge on any atom is -0.493 e. The lowest BCUT2D eigenvalue weighted by Crippen LogP contribution is -2.28. The minimum atomic E-state index is -3.97. The first-order valence-corrected chi connectivity index (χ1v) is 15.2. The Hall–Kier alpha value is -3.32. The number of nitrogens with two attached hydrogens (primary N) is 1. The van der Waals surface area contributed by atoms with Crippen molar-refractivity contribution in [1.29, 1.82) is 0 Å². The van der Waals surface area contributed by atoms with Gasteiger partial charge in [-0.15, -0.1) is 0 Å². The second-order valence-electron chi connectivity index (χ2n) is 10.7. The lowest BCUT2D eigenvalue weighted by molar-refractivity contribution is 0.0590. The van der Waals surface area contributed by atoms with Crippen LogP contribution in [0, 0.1) is 17.7 Å². The fraction of sp³-hybridized carbons (Fsp3) is 0.448. The molecule has 4 heterocycles. The molecule has 3 N–H and O–H groups in total. The van der Waals surface area contributed by atoms with Crippen molar-refractivity contribution in [2.75, 3.05) is 32.2 Å². The molecule has 0 radical (unpaired) electrons. The van der Waals surface area contributed by atoms with Gasteiger partial charge >= 0.3 is 0 Å². The summed E-state index contributed by atoms with van der Waals surface area (Å²) in [6, 6.07) is 12.3. The summed E-state index contributed by atoms with van der Waals surface area (Å²) in [7, 11) is -3.97. The van der Waals surface area contributed by atoms with E-state index in [1.165, 1.54) is 30.3 Å². The number of hydrogen-bond donors (Lipinski definition) is 2. The van der Waals surface area contributed by atoms with Gasteiger partial charge in [0.05, 0.1) is 18.9 Å². The normalized spacial score (nSPS) is 19.3. The van der Waals surface area contributed by atoms with Crippen molar-refractivity contribution in [1.82, 2.24) is 14.7 Å². The number of halogens is 1. The highest BCUT2D eigenvalue weighted by atomic mass is 32.2. The summed E-state index contributed by atoms with van der Waals surface area (Å²) in [5.74, 6) is 1.14. The van der Waals surface area contributed by atoms with Crippen LogP contribution >= 0.6 is 0 Å². The fourth-order valence-corrected chi connectivity index (χ4v) is 5.68. The molecule has 0 spiro atoms. The number of sulfonamides is 1. The third-order valence-corrected chi connectivity index (χ3v) is 8.16. The van der Waals surface area contributed by atoms with E-state index in [1.54, 1.807) is 18.2 Å². The summed E-state index contributed by atoms with van der Waals surface area (Å²) in [5.41, 5.74) is 7.26. The van der Waals surface area contributed by atoms with Crippen molar-refractivity contribution in [3.05, 3.63) is 59.9 Å². The number of aromatic nitrogens is 2. The smallest absolute Gasteiger partial charge is 0.260 e. The summed E-state index contributed by atoms with van der Waals surface area (Å²) in [4.78, 5) is 8.60. The molecule has 2 aromatic heterocycles. The van der Waals surface area contributed by atoms with E-state index in [4.69, 9.17) is 29.7 Å². The lowest BCUT2D eigenvalue weighted by atomic mass is 9.97. The molecule has 3 aromatic rings. The zero-order chi connectivity index (χ0) is 29.0. The maximum atomic E-state index is 14.5. The highest BCUT2D eigenvalue weighted by Crippen LogP contribution is 2.42. The van der Waals surface area contributed by atoms with Crippen LogP contribution < -0.4 is 19.9 Å². The maximum Gasteiger partial charge on any atom is 0.260 e. The van der Waals surface area contributed by atoms with E-state index in [1.807, 2.05) is 13.8 Å². The molecule has 2 fully saturated rings. The van der Waals surface area contributed by atoms with E-state index in [2.05, 4.69) is 9.71 Å². The van der Waals surface area contributed by atoms with Crippen LogP contribution in [0.25, 0.3) is 11.3 Å². The molecule has 2 atom stereocenters. The van der Waals surface area contributed by atoms with Crippen molar-refractivity contribution in [3.8, 4) is 22.9 Å². The van der Waals surface area contributed by atoms with E-state index in [-0.39, 0.29) is 16.8 Å². The van der Waals surface area contributed by atoms with Gasteiger partial charge in [0.1, 0.15) is 23.5 Å². The predicted molar refractivity (Wildman–Crippen MR) is 150 cm³/mol. The Balaban J connectivity index is 1.36. The first-order valence-electron chi connectivity index (χ1n) is 13.7. The van der Waals surface area contributed by atoms with Gasteiger partial charge in [0.2, 0.25) is 5.88 Å². The summed E-state index contributed by atoms with van der Waals surface area (Å²) in [5, 5.41) is -0.199. The number of nitrogen functional groups attached to an aromatic ring is 1. The van der Waals surface area contributed by atoms with Gasteiger partial charge in [-0.05, 0) is 67.5 Å². The lowest BCUT2D eigenvalue weighted by Gasteiger charge is -2.22. The van der Waals surface area contributed by atoms with Crippen LogP contribution in [0.2, 0.25) is 0 Å². The Morgan fingerprint density at radius 3 is 2.66 bits per heavy atom. The molecule has 12 heteroatoms. The standard InChI is InChI=1S/C29H35FN4O6S/c1-18(2)17-39-22-15-20(14-21(30)16-22)24-7-6-23(28(32-24)38-13-10-19-8-11-37-12-9-19)27-29(40-27)34-41(35,36)26-5-3-4-25(31)33-26/h3-7,14-16,18-19,27,29,34H,8-13,17H2,1-2H3,(H2,31,33). The number of nitrogens with one attached hydrogen (secondary N) is 1. The van der Waals surface area contributed by atoms with Gasteiger partial charge in [0.15, 0.2) is 11.3 Å². The number of benzene rings is 1. The Morgan fingerprint density at radius 1 is 1.10 bits per heavy atom. The topological polar surface area (TPSA) is 138 Å². The molecule has 1 aromatic carbocycles. The number of anilines is 1. The SMILES string of the molecule is CC(C)COc1cc(F)cc(-c2ccc(C3OC3NS(=O)(=O)c3cccc(N)n3)c(OCCC3CCOCC3)n2)c1. The molecule has 10 nitrogen and oxygen atoms in total. The van der Waals surface area contributed by atoms with Gasteiger partial charge in [0, 0.05) is 30.4 Å². The maximum absolute atomic E-state index is 14.5. The number of hydrogen-bond acceptors (Lipinski definition) is 9. The zero-order valence-corrected chi connectivity index (χ0v) is 23.9. The van der Waals surface area contributed by atoms with Crippen molar-refractivity contribution < 1.29 is 31.8 Å². The van der Waals surface area contributed by atoms with Gasteiger partial charge in [-0.3, -0.25) is 0 Å². The Morgan fingerprint density at radius 2 is 1.90 bits per heavy atom. The van der Waals surface area contributed by atoms with E-state index >= 15 is 0 Å².